The summed E-state index contributed by atoms with van der Waals surface area (Å²) < 4.78 is 5.27. The average Bonchev–Trinajstić information content (AvgIpc) is 2.34. The molecule has 0 aliphatic rings. The minimum atomic E-state index is -0.520. The van der Waals surface area contributed by atoms with Crippen LogP contribution in [0.3, 0.4) is 0 Å². The van der Waals surface area contributed by atoms with Crippen molar-refractivity contribution < 1.29 is 9.52 Å². The molecule has 0 amide bonds. The predicted molar refractivity (Wildman–Crippen MR) is 47.0 cm³/mol. The number of likely N-dealkylation sites (N-methyl/N-ethyl adjacent to an activating group) is 1. The van der Waals surface area contributed by atoms with E-state index in [0.29, 0.717) is 12.3 Å². The van der Waals surface area contributed by atoms with E-state index in [1.807, 2.05) is 38.1 Å². The number of aryl methyl sites for hydroxylation is 1. The number of aliphatic hydroxyl groups excluding tert-OH is 1. The summed E-state index contributed by atoms with van der Waals surface area (Å²) in [6.45, 7) is 2.46. The topological polar surface area (TPSA) is 36.6 Å². The van der Waals surface area contributed by atoms with E-state index in [0.717, 1.165) is 5.76 Å². The van der Waals surface area contributed by atoms with E-state index in [2.05, 4.69) is 0 Å². The van der Waals surface area contributed by atoms with Crippen molar-refractivity contribution in [1.29, 1.82) is 0 Å². The SMILES string of the molecule is Cc1ccc(C(O)CN(C)C)o1. The zero-order chi connectivity index (χ0) is 9.14. The molecular weight excluding hydrogens is 154 g/mol. The van der Waals surface area contributed by atoms with Crippen molar-refractivity contribution in [3.63, 3.8) is 0 Å². The van der Waals surface area contributed by atoms with Crippen LogP contribution in [0.25, 0.3) is 0 Å². The van der Waals surface area contributed by atoms with Crippen LogP contribution in [0.1, 0.15) is 17.6 Å². The summed E-state index contributed by atoms with van der Waals surface area (Å²) >= 11 is 0. The molecule has 0 bridgehead atoms. The molecule has 0 saturated heterocycles. The summed E-state index contributed by atoms with van der Waals surface area (Å²) in [7, 11) is 3.83. The molecule has 1 heterocycles. The summed E-state index contributed by atoms with van der Waals surface area (Å²) in [6, 6.07) is 3.66. The van der Waals surface area contributed by atoms with Gasteiger partial charge >= 0.3 is 0 Å². The van der Waals surface area contributed by atoms with Crippen LogP contribution in [0, 0.1) is 6.92 Å². The van der Waals surface area contributed by atoms with Crippen molar-refractivity contribution in [2.75, 3.05) is 20.6 Å². The van der Waals surface area contributed by atoms with Crippen LogP contribution in [0.4, 0.5) is 0 Å². The fourth-order valence-electron chi connectivity index (χ4n) is 1.07. The summed E-state index contributed by atoms with van der Waals surface area (Å²) in [5.74, 6) is 1.48. The van der Waals surface area contributed by atoms with Gasteiger partial charge in [0, 0.05) is 6.54 Å². The Morgan fingerprint density at radius 1 is 1.50 bits per heavy atom. The molecule has 0 radical (unpaired) electrons. The van der Waals surface area contributed by atoms with Crippen LogP contribution in [-0.2, 0) is 0 Å². The van der Waals surface area contributed by atoms with Crippen LogP contribution >= 0.6 is 0 Å². The van der Waals surface area contributed by atoms with E-state index in [1.165, 1.54) is 0 Å². The molecule has 1 atom stereocenters. The fraction of sp³-hybridized carbons (Fsp3) is 0.556. The molecule has 1 aromatic rings. The van der Waals surface area contributed by atoms with Crippen LogP contribution < -0.4 is 0 Å². The predicted octanol–water partition coefficient (Wildman–Crippen LogP) is 1.18. The van der Waals surface area contributed by atoms with Crippen molar-refractivity contribution in [2.24, 2.45) is 0 Å². The van der Waals surface area contributed by atoms with Gasteiger partial charge < -0.3 is 14.4 Å². The van der Waals surface area contributed by atoms with E-state index in [-0.39, 0.29) is 0 Å². The lowest BCUT2D eigenvalue weighted by Gasteiger charge is -2.13. The first kappa shape index (κ1) is 9.29. The lowest BCUT2D eigenvalue weighted by Crippen LogP contribution is -2.19. The molecule has 1 rings (SSSR count). The molecule has 0 fully saturated rings. The van der Waals surface area contributed by atoms with Crippen LogP contribution in [0.5, 0.6) is 0 Å². The number of rotatable bonds is 3. The summed E-state index contributed by atoms with van der Waals surface area (Å²) in [5, 5.41) is 9.57. The molecule has 68 valence electrons. The molecule has 0 aliphatic carbocycles. The minimum Gasteiger partial charge on any atom is -0.464 e. The van der Waals surface area contributed by atoms with Crippen LogP contribution in [0.2, 0.25) is 0 Å². The van der Waals surface area contributed by atoms with Crippen LogP contribution in [-0.4, -0.2) is 30.6 Å². The maximum Gasteiger partial charge on any atom is 0.133 e. The normalized spacial score (nSPS) is 13.8. The molecule has 1 unspecified atom stereocenters. The molecule has 0 aliphatic heterocycles. The molecule has 3 nitrogen and oxygen atoms in total. The number of hydrogen-bond donors (Lipinski definition) is 1. The van der Waals surface area contributed by atoms with Gasteiger partial charge in [-0.05, 0) is 33.2 Å². The summed E-state index contributed by atoms with van der Waals surface area (Å²) in [6.07, 6.45) is -0.520. The van der Waals surface area contributed by atoms with Gasteiger partial charge in [-0.3, -0.25) is 0 Å². The van der Waals surface area contributed by atoms with Crippen molar-refractivity contribution in [2.45, 2.75) is 13.0 Å². The third-order valence-corrected chi connectivity index (χ3v) is 1.63. The first-order chi connectivity index (χ1) is 5.59. The van der Waals surface area contributed by atoms with E-state index >= 15 is 0 Å². The second kappa shape index (κ2) is 3.74. The maximum atomic E-state index is 9.57. The highest BCUT2D eigenvalue weighted by Crippen LogP contribution is 2.15. The lowest BCUT2D eigenvalue weighted by atomic mass is 10.2. The van der Waals surface area contributed by atoms with Gasteiger partial charge in [-0.25, -0.2) is 0 Å². The molecule has 0 spiro atoms. The standard InChI is InChI=1S/C9H15NO2/c1-7-4-5-9(12-7)8(11)6-10(2)3/h4-5,8,11H,6H2,1-3H3. The third-order valence-electron chi connectivity index (χ3n) is 1.63. The van der Waals surface area contributed by atoms with Crippen LogP contribution in [0.15, 0.2) is 16.5 Å². The average molecular weight is 169 g/mol. The van der Waals surface area contributed by atoms with Gasteiger partial charge in [0.2, 0.25) is 0 Å². The third kappa shape index (κ3) is 2.36. The first-order valence-corrected chi connectivity index (χ1v) is 3.98. The monoisotopic (exact) mass is 169 g/mol. The number of nitrogens with zero attached hydrogens (tertiary/aromatic N) is 1. The molecule has 1 aromatic heterocycles. The van der Waals surface area contributed by atoms with Gasteiger partial charge in [-0.1, -0.05) is 0 Å². The van der Waals surface area contributed by atoms with Crippen molar-refractivity contribution in [3.05, 3.63) is 23.7 Å². The first-order valence-electron chi connectivity index (χ1n) is 3.98. The maximum absolute atomic E-state index is 9.57. The Morgan fingerprint density at radius 3 is 2.58 bits per heavy atom. The fourth-order valence-corrected chi connectivity index (χ4v) is 1.07. The van der Waals surface area contributed by atoms with Crippen molar-refractivity contribution in [3.8, 4) is 0 Å². The summed E-state index contributed by atoms with van der Waals surface area (Å²) in [5.41, 5.74) is 0. The van der Waals surface area contributed by atoms with E-state index in [9.17, 15) is 5.11 Å². The molecular formula is C9H15NO2. The zero-order valence-electron chi connectivity index (χ0n) is 7.74. The molecule has 12 heavy (non-hydrogen) atoms. The van der Waals surface area contributed by atoms with Crippen molar-refractivity contribution >= 4 is 0 Å². The Labute approximate surface area is 72.6 Å². The number of aliphatic hydroxyl groups is 1. The Hall–Kier alpha value is -0.800. The second-order valence-corrected chi connectivity index (χ2v) is 3.23. The van der Waals surface area contributed by atoms with Gasteiger partial charge in [0.15, 0.2) is 0 Å². The second-order valence-electron chi connectivity index (χ2n) is 3.23. The van der Waals surface area contributed by atoms with Gasteiger partial charge in [-0.2, -0.15) is 0 Å². The van der Waals surface area contributed by atoms with E-state index < -0.39 is 6.10 Å². The largest absolute Gasteiger partial charge is 0.464 e. The Bertz CT molecular complexity index is 242. The number of hydrogen-bond acceptors (Lipinski definition) is 3. The Balaban J connectivity index is 2.58. The van der Waals surface area contributed by atoms with Gasteiger partial charge in [0.25, 0.3) is 0 Å². The van der Waals surface area contributed by atoms with Crippen molar-refractivity contribution in [1.82, 2.24) is 4.90 Å². The number of furan rings is 1. The zero-order valence-corrected chi connectivity index (χ0v) is 7.74. The minimum absolute atomic E-state index is 0.520. The highest BCUT2D eigenvalue weighted by molar-refractivity contribution is 5.08. The molecule has 0 aromatic carbocycles. The van der Waals surface area contributed by atoms with E-state index in [1.54, 1.807) is 0 Å². The molecule has 0 saturated carbocycles. The highest BCUT2D eigenvalue weighted by atomic mass is 16.4. The van der Waals surface area contributed by atoms with E-state index in [4.69, 9.17) is 4.42 Å². The smallest absolute Gasteiger partial charge is 0.133 e. The van der Waals surface area contributed by atoms with Gasteiger partial charge in [0.05, 0.1) is 0 Å². The van der Waals surface area contributed by atoms with Gasteiger partial charge in [-0.15, -0.1) is 0 Å². The Morgan fingerprint density at radius 2 is 2.17 bits per heavy atom. The quantitative estimate of drug-likeness (QED) is 0.738. The lowest BCUT2D eigenvalue weighted by molar-refractivity contribution is 0.115. The Kier molecular flexibility index (Phi) is 2.89. The summed E-state index contributed by atoms with van der Waals surface area (Å²) in [4.78, 5) is 1.92. The highest BCUT2D eigenvalue weighted by Gasteiger charge is 2.11. The molecule has 1 N–H and O–H groups in total. The van der Waals surface area contributed by atoms with Gasteiger partial charge in [0.1, 0.15) is 17.6 Å². The molecule has 3 heteroatoms.